The number of amides is 1. The predicted octanol–water partition coefficient (Wildman–Crippen LogP) is 1.41. The van der Waals surface area contributed by atoms with Crippen molar-refractivity contribution in [3.8, 4) is 6.07 Å². The smallest absolute Gasteiger partial charge is 0.339 e. The number of nitriles is 1. The molecule has 86 valence electrons. The van der Waals surface area contributed by atoms with E-state index in [-0.39, 0.29) is 12.5 Å². The number of hydrogen-bond donors (Lipinski definition) is 1. The lowest BCUT2D eigenvalue weighted by Crippen LogP contribution is -2.19. The fourth-order valence-electron chi connectivity index (χ4n) is 1.39. The average molecular weight is 248 g/mol. The maximum Gasteiger partial charge on any atom is 0.339 e. The molecule has 0 bridgehead atoms. The van der Waals surface area contributed by atoms with Crippen LogP contribution in [0.4, 0.5) is 5.69 Å². The van der Waals surface area contributed by atoms with Crippen LogP contribution < -0.4 is 5.32 Å². The monoisotopic (exact) mass is 248 g/mol. The van der Waals surface area contributed by atoms with E-state index in [1.54, 1.807) is 24.3 Å². The molecular formula is C11H8N2O3S. The molecule has 0 radical (unpaired) electrons. The molecule has 0 fully saturated rings. The van der Waals surface area contributed by atoms with E-state index in [9.17, 15) is 9.59 Å². The number of anilines is 1. The van der Waals surface area contributed by atoms with Crippen molar-refractivity contribution in [1.82, 2.24) is 0 Å². The summed E-state index contributed by atoms with van der Waals surface area (Å²) < 4.78 is 4.68. The van der Waals surface area contributed by atoms with Gasteiger partial charge in [0.25, 0.3) is 0 Å². The maximum atomic E-state index is 11.5. The summed E-state index contributed by atoms with van der Waals surface area (Å²) in [7, 11) is 0. The van der Waals surface area contributed by atoms with Crippen LogP contribution in [0.2, 0.25) is 0 Å². The summed E-state index contributed by atoms with van der Waals surface area (Å²) in [5.41, 5.74) is 0.930. The summed E-state index contributed by atoms with van der Waals surface area (Å²) >= 11 is 1.42. The average Bonchev–Trinajstić information content (AvgIpc) is 2.35. The third kappa shape index (κ3) is 2.57. The summed E-state index contributed by atoms with van der Waals surface area (Å²) in [6.45, 7) is -0.281. The highest BCUT2D eigenvalue weighted by Gasteiger charge is 2.17. The first-order valence-corrected chi connectivity index (χ1v) is 5.80. The van der Waals surface area contributed by atoms with Crippen molar-refractivity contribution in [1.29, 1.82) is 5.26 Å². The predicted molar refractivity (Wildman–Crippen MR) is 61.7 cm³/mol. The van der Waals surface area contributed by atoms with Crippen LogP contribution in [0.15, 0.2) is 23.1 Å². The molecule has 0 saturated carbocycles. The Kier molecular flexibility index (Phi) is 3.30. The summed E-state index contributed by atoms with van der Waals surface area (Å²) in [5, 5.41) is 11.0. The number of benzene rings is 1. The van der Waals surface area contributed by atoms with E-state index in [2.05, 4.69) is 10.1 Å². The van der Waals surface area contributed by atoms with Gasteiger partial charge in [-0.2, -0.15) is 5.26 Å². The first kappa shape index (κ1) is 11.5. The quantitative estimate of drug-likeness (QED) is 0.800. The van der Waals surface area contributed by atoms with Gasteiger partial charge in [-0.1, -0.05) is 0 Å². The molecule has 1 aromatic rings. The van der Waals surface area contributed by atoms with Gasteiger partial charge in [0.05, 0.1) is 17.0 Å². The molecule has 1 aromatic carbocycles. The zero-order valence-corrected chi connectivity index (χ0v) is 9.54. The summed E-state index contributed by atoms with van der Waals surface area (Å²) in [4.78, 5) is 23.6. The largest absolute Gasteiger partial charge is 0.447 e. The van der Waals surface area contributed by atoms with Crippen molar-refractivity contribution in [3.63, 3.8) is 0 Å². The summed E-state index contributed by atoms with van der Waals surface area (Å²) in [5.74, 6) is -0.283. The van der Waals surface area contributed by atoms with Crippen molar-refractivity contribution >= 4 is 29.3 Å². The molecule has 1 aliphatic rings. The highest BCUT2D eigenvalue weighted by Crippen LogP contribution is 2.32. The third-order valence-corrected chi connectivity index (χ3v) is 3.19. The number of nitrogens with zero attached hydrogens (tertiary/aromatic N) is 1. The van der Waals surface area contributed by atoms with Gasteiger partial charge in [-0.15, -0.1) is 11.8 Å². The van der Waals surface area contributed by atoms with Gasteiger partial charge in [0.15, 0.2) is 6.61 Å². The molecule has 1 heterocycles. The van der Waals surface area contributed by atoms with Crippen molar-refractivity contribution in [2.45, 2.75) is 4.90 Å². The number of carbonyl (C=O) groups excluding carboxylic acids is 2. The summed E-state index contributed by atoms with van der Waals surface area (Å²) in [6.07, 6.45) is 0. The van der Waals surface area contributed by atoms with E-state index in [0.717, 1.165) is 4.90 Å². The Morgan fingerprint density at radius 3 is 3.18 bits per heavy atom. The molecule has 0 aromatic heterocycles. The van der Waals surface area contributed by atoms with Crippen LogP contribution in [0, 0.1) is 11.3 Å². The van der Waals surface area contributed by atoms with Gasteiger partial charge in [-0.25, -0.2) is 4.79 Å². The molecule has 0 spiro atoms. The zero-order valence-electron chi connectivity index (χ0n) is 8.73. The standard InChI is InChI=1S/C11H8N2O3S/c12-3-4-16-11(15)7-1-2-9-8(5-7)13-10(14)6-17-9/h1-2,5H,4,6H2,(H,13,14). The molecule has 0 unspecified atom stereocenters. The molecule has 1 N–H and O–H groups in total. The Balaban J connectivity index is 2.21. The third-order valence-electron chi connectivity index (χ3n) is 2.12. The Hall–Kier alpha value is -2.00. The number of thioether (sulfide) groups is 1. The number of esters is 1. The molecule has 0 saturated heterocycles. The van der Waals surface area contributed by atoms with Gasteiger partial charge < -0.3 is 10.1 Å². The molecular weight excluding hydrogens is 240 g/mol. The van der Waals surface area contributed by atoms with Crippen LogP contribution in [0.3, 0.4) is 0 Å². The van der Waals surface area contributed by atoms with E-state index >= 15 is 0 Å². The fraction of sp³-hybridized carbons (Fsp3) is 0.182. The van der Waals surface area contributed by atoms with Gasteiger partial charge in [-0.05, 0) is 18.2 Å². The van der Waals surface area contributed by atoms with Gasteiger partial charge in [-0.3, -0.25) is 4.79 Å². The summed E-state index contributed by atoms with van der Waals surface area (Å²) in [6, 6.07) is 6.64. The lowest BCUT2D eigenvalue weighted by molar-refractivity contribution is -0.113. The minimum atomic E-state index is -0.570. The molecule has 1 amide bonds. The number of carbonyl (C=O) groups is 2. The highest BCUT2D eigenvalue weighted by atomic mass is 32.2. The zero-order chi connectivity index (χ0) is 12.3. The highest BCUT2D eigenvalue weighted by molar-refractivity contribution is 8.00. The number of ether oxygens (including phenoxy) is 1. The first-order valence-electron chi connectivity index (χ1n) is 4.81. The van der Waals surface area contributed by atoms with Crippen LogP contribution in [0.25, 0.3) is 0 Å². The van der Waals surface area contributed by atoms with Crippen molar-refractivity contribution in [3.05, 3.63) is 23.8 Å². The lowest BCUT2D eigenvalue weighted by Gasteiger charge is -2.16. The normalized spacial score (nSPS) is 13.2. The SMILES string of the molecule is N#CCOC(=O)c1ccc2c(c1)NC(=O)CS2. The maximum absolute atomic E-state index is 11.5. The molecule has 2 rings (SSSR count). The van der Waals surface area contributed by atoms with Crippen molar-refractivity contribution < 1.29 is 14.3 Å². The lowest BCUT2D eigenvalue weighted by atomic mass is 10.2. The van der Waals surface area contributed by atoms with Gasteiger partial charge in [0, 0.05) is 4.90 Å². The van der Waals surface area contributed by atoms with E-state index in [1.807, 2.05) is 0 Å². The van der Waals surface area contributed by atoms with Crippen molar-refractivity contribution in [2.24, 2.45) is 0 Å². The van der Waals surface area contributed by atoms with E-state index in [1.165, 1.54) is 11.8 Å². The van der Waals surface area contributed by atoms with Gasteiger partial charge >= 0.3 is 5.97 Å². The number of hydrogen-bond acceptors (Lipinski definition) is 5. The number of rotatable bonds is 2. The van der Waals surface area contributed by atoms with E-state index in [4.69, 9.17) is 5.26 Å². The van der Waals surface area contributed by atoms with Crippen LogP contribution in [0.1, 0.15) is 10.4 Å². The number of fused-ring (bicyclic) bond motifs is 1. The minimum absolute atomic E-state index is 0.0926. The molecule has 6 heteroatoms. The molecule has 0 aliphatic carbocycles. The van der Waals surface area contributed by atoms with Crippen molar-refractivity contribution in [2.75, 3.05) is 17.7 Å². The second-order valence-electron chi connectivity index (χ2n) is 3.28. The number of nitrogens with one attached hydrogen (secondary N) is 1. The van der Waals surface area contributed by atoms with Crippen LogP contribution in [-0.4, -0.2) is 24.2 Å². The Morgan fingerprint density at radius 2 is 2.41 bits per heavy atom. The van der Waals surface area contributed by atoms with Gasteiger partial charge in [0.2, 0.25) is 5.91 Å². The Bertz CT molecular complexity index is 522. The van der Waals surface area contributed by atoms with Crippen LogP contribution in [0.5, 0.6) is 0 Å². The molecule has 1 aliphatic heterocycles. The van der Waals surface area contributed by atoms with Crippen LogP contribution in [-0.2, 0) is 9.53 Å². The second kappa shape index (κ2) is 4.89. The Morgan fingerprint density at radius 1 is 1.59 bits per heavy atom. The van der Waals surface area contributed by atoms with E-state index in [0.29, 0.717) is 17.0 Å². The first-order chi connectivity index (χ1) is 8.20. The molecule has 5 nitrogen and oxygen atoms in total. The second-order valence-corrected chi connectivity index (χ2v) is 4.30. The van der Waals surface area contributed by atoms with Gasteiger partial charge in [0.1, 0.15) is 6.07 Å². The Labute approximate surface area is 102 Å². The fourth-order valence-corrected chi connectivity index (χ4v) is 2.18. The van der Waals surface area contributed by atoms with Crippen LogP contribution >= 0.6 is 11.8 Å². The molecule has 17 heavy (non-hydrogen) atoms. The molecule has 0 atom stereocenters. The topological polar surface area (TPSA) is 79.2 Å². The minimum Gasteiger partial charge on any atom is -0.447 e. The van der Waals surface area contributed by atoms with E-state index < -0.39 is 5.97 Å².